The number of anilines is 3. The predicted octanol–water partition coefficient (Wildman–Crippen LogP) is 3.28. The fourth-order valence-electron chi connectivity index (χ4n) is 3.57. The van der Waals surface area contributed by atoms with Gasteiger partial charge >= 0.3 is 6.09 Å². The Kier molecular flexibility index (Phi) is 8.60. The van der Waals surface area contributed by atoms with Crippen LogP contribution in [0.5, 0.6) is 5.88 Å². The zero-order chi connectivity index (χ0) is 26.2. The number of nitrogens with two attached hydrogens (primary N) is 1. The minimum atomic E-state index is -1.19. The average Bonchev–Trinajstić information content (AvgIpc) is 3.36. The molecule has 192 valence electrons. The zero-order valence-corrected chi connectivity index (χ0v) is 20.2. The molecule has 0 spiro atoms. The average molecular weight is 501 g/mol. The minimum absolute atomic E-state index is 0.00197. The van der Waals surface area contributed by atoms with E-state index in [1.807, 2.05) is 13.8 Å². The second-order valence-corrected chi connectivity index (χ2v) is 7.91. The molecule has 0 saturated heterocycles. The van der Waals surface area contributed by atoms with E-state index in [0.717, 1.165) is 6.07 Å². The highest BCUT2D eigenvalue weighted by atomic mass is 19.1. The number of rotatable bonds is 12. The van der Waals surface area contributed by atoms with E-state index in [-0.39, 0.29) is 17.2 Å². The summed E-state index contributed by atoms with van der Waals surface area (Å²) in [6, 6.07) is 3.41. The molecule has 0 unspecified atom stereocenters. The van der Waals surface area contributed by atoms with E-state index in [0.29, 0.717) is 36.7 Å². The molecule has 36 heavy (non-hydrogen) atoms. The van der Waals surface area contributed by atoms with Gasteiger partial charge in [-0.25, -0.2) is 23.8 Å². The quantitative estimate of drug-likeness (QED) is 0.250. The molecule has 3 aromatic heterocycles. The van der Waals surface area contributed by atoms with Crippen LogP contribution in [0.1, 0.15) is 44.0 Å². The van der Waals surface area contributed by atoms with Gasteiger partial charge < -0.3 is 31.5 Å². The molecule has 0 radical (unpaired) electrons. The van der Waals surface area contributed by atoms with Gasteiger partial charge in [0.1, 0.15) is 11.5 Å². The number of aromatic nitrogens is 4. The Morgan fingerprint density at radius 3 is 2.67 bits per heavy atom. The van der Waals surface area contributed by atoms with E-state index in [9.17, 15) is 14.0 Å². The Hall–Kier alpha value is -4.42. The second-order valence-electron chi connectivity index (χ2n) is 7.91. The number of carbonyl (C=O) groups is 2. The molecule has 3 rings (SSSR count). The van der Waals surface area contributed by atoms with Crippen molar-refractivity contribution in [3.8, 4) is 11.6 Å². The van der Waals surface area contributed by atoms with Gasteiger partial charge in [0.05, 0.1) is 24.1 Å². The van der Waals surface area contributed by atoms with Crippen molar-refractivity contribution in [2.24, 2.45) is 5.73 Å². The Labute approximate surface area is 207 Å². The van der Waals surface area contributed by atoms with Crippen molar-refractivity contribution in [3.63, 3.8) is 0 Å². The molecule has 0 bridgehead atoms. The van der Waals surface area contributed by atoms with Crippen LogP contribution < -0.4 is 26.4 Å². The van der Waals surface area contributed by atoms with Crippen LogP contribution in [0.4, 0.5) is 26.5 Å². The molecule has 0 aliphatic rings. The Bertz CT molecular complexity index is 1210. The lowest BCUT2D eigenvalue weighted by Crippen LogP contribution is -2.44. The van der Waals surface area contributed by atoms with Crippen molar-refractivity contribution in [1.82, 2.24) is 25.1 Å². The van der Waals surface area contributed by atoms with Crippen LogP contribution in [0.15, 0.2) is 36.8 Å². The van der Waals surface area contributed by atoms with Crippen LogP contribution in [0.25, 0.3) is 5.69 Å². The van der Waals surface area contributed by atoms with Crippen molar-refractivity contribution >= 4 is 29.3 Å². The van der Waals surface area contributed by atoms with Crippen molar-refractivity contribution in [2.75, 3.05) is 17.2 Å². The second kappa shape index (κ2) is 11.8. The largest absolute Gasteiger partial charge is 0.476 e. The summed E-state index contributed by atoms with van der Waals surface area (Å²) in [6.07, 6.45) is 4.85. The molecule has 0 aromatic carbocycles. The third kappa shape index (κ3) is 6.37. The molecule has 12 nitrogen and oxygen atoms in total. The monoisotopic (exact) mass is 500 g/mol. The number of nitrogens with one attached hydrogen (secondary N) is 3. The minimum Gasteiger partial charge on any atom is -0.476 e. The zero-order valence-electron chi connectivity index (χ0n) is 20.2. The first-order valence-electron chi connectivity index (χ1n) is 11.4. The van der Waals surface area contributed by atoms with Gasteiger partial charge in [-0.2, -0.15) is 5.10 Å². The fraction of sp³-hybridized carbons (Fsp3) is 0.348. The molecule has 0 saturated carbocycles. The number of carbonyl (C=O) groups excluding carboxylic acids is 1. The van der Waals surface area contributed by atoms with Gasteiger partial charge in [0.25, 0.3) is 5.91 Å². The highest BCUT2D eigenvalue weighted by Gasteiger charge is 2.23. The normalized spacial score (nSPS) is 12.4. The van der Waals surface area contributed by atoms with Gasteiger partial charge in [0.2, 0.25) is 5.88 Å². The summed E-state index contributed by atoms with van der Waals surface area (Å²) in [6.45, 7) is 5.81. The lowest BCUT2D eigenvalue weighted by atomic mass is 10.0. The molecule has 2 amide bonds. The van der Waals surface area contributed by atoms with E-state index in [1.165, 1.54) is 6.20 Å². The summed E-state index contributed by atoms with van der Waals surface area (Å²) in [4.78, 5) is 31.7. The summed E-state index contributed by atoms with van der Waals surface area (Å²) in [5.41, 5.74) is 6.26. The predicted molar refractivity (Wildman–Crippen MR) is 131 cm³/mol. The van der Waals surface area contributed by atoms with Crippen LogP contribution in [-0.4, -0.2) is 55.5 Å². The third-order valence-corrected chi connectivity index (χ3v) is 5.25. The smallest absolute Gasteiger partial charge is 0.404 e. The van der Waals surface area contributed by atoms with E-state index in [4.69, 9.17) is 15.6 Å². The number of hydrogen-bond donors (Lipinski definition) is 5. The number of nitrogens with zero attached hydrogens (tertiary/aromatic N) is 4. The lowest BCUT2D eigenvalue weighted by Gasteiger charge is -2.26. The maximum atomic E-state index is 14.9. The highest BCUT2D eigenvalue weighted by Crippen LogP contribution is 2.28. The Balaban J connectivity index is 1.98. The molecule has 2 atom stereocenters. The van der Waals surface area contributed by atoms with Crippen molar-refractivity contribution in [2.45, 2.75) is 45.7 Å². The first-order valence-corrected chi connectivity index (χ1v) is 11.4. The summed E-state index contributed by atoms with van der Waals surface area (Å²) >= 11 is 0. The van der Waals surface area contributed by atoms with E-state index >= 15 is 0 Å². The lowest BCUT2D eigenvalue weighted by molar-refractivity contribution is 0.1000. The number of amides is 2. The van der Waals surface area contributed by atoms with Crippen LogP contribution >= 0.6 is 0 Å². The van der Waals surface area contributed by atoms with Gasteiger partial charge in [0, 0.05) is 24.5 Å². The standard InChI is InChI=1S/C23H29FN8O4/c1-4-7-17(13(3)28-23(34)35)30-21-16(24)11-15(19(25)33)20(31-21)29-14-10-18(32-9-6-8-27-32)22(26-12-14)36-5-2/h6,8-13,17,28H,4-5,7H2,1-3H3,(H2,25,33)(H,34,35)(H2,29,30,31)/t13-,17+/m0/s1. The Morgan fingerprint density at radius 2 is 2.06 bits per heavy atom. The molecule has 13 heteroatoms. The summed E-state index contributed by atoms with van der Waals surface area (Å²) in [5.74, 6) is -1.50. The number of hydrogen-bond acceptors (Lipinski definition) is 8. The van der Waals surface area contributed by atoms with Crippen molar-refractivity contribution in [3.05, 3.63) is 48.2 Å². The topological polar surface area (TPSA) is 169 Å². The van der Waals surface area contributed by atoms with E-state index in [2.05, 4.69) is 31.0 Å². The SMILES string of the molecule is CCC[C@@H](Nc1nc(Nc2cnc(OCC)c(-n3cccn3)c2)c(C(N)=O)cc1F)[C@H](C)NC(=O)O. The molecule has 0 fully saturated rings. The maximum Gasteiger partial charge on any atom is 0.404 e. The highest BCUT2D eigenvalue weighted by molar-refractivity contribution is 5.98. The van der Waals surface area contributed by atoms with Gasteiger partial charge in [-0.05, 0) is 38.5 Å². The van der Waals surface area contributed by atoms with Gasteiger partial charge in [-0.15, -0.1) is 0 Å². The molecular formula is C23H29FN8O4. The molecule has 3 heterocycles. The number of pyridine rings is 2. The molecule has 3 aromatic rings. The maximum absolute atomic E-state index is 14.9. The van der Waals surface area contributed by atoms with E-state index in [1.54, 1.807) is 36.1 Å². The molecule has 0 aliphatic heterocycles. The molecule has 0 aliphatic carbocycles. The van der Waals surface area contributed by atoms with Crippen LogP contribution in [0, 0.1) is 5.82 Å². The summed E-state index contributed by atoms with van der Waals surface area (Å²) in [7, 11) is 0. The first kappa shape index (κ1) is 26.2. The van der Waals surface area contributed by atoms with Crippen molar-refractivity contribution in [1.29, 1.82) is 0 Å². The number of primary amides is 1. The molecular weight excluding hydrogens is 471 g/mol. The van der Waals surface area contributed by atoms with Gasteiger partial charge in [-0.1, -0.05) is 13.3 Å². The van der Waals surface area contributed by atoms with Crippen LogP contribution in [-0.2, 0) is 0 Å². The summed E-state index contributed by atoms with van der Waals surface area (Å²) in [5, 5.41) is 21.6. The number of ether oxygens (including phenoxy) is 1. The molecule has 6 N–H and O–H groups in total. The fourth-order valence-corrected chi connectivity index (χ4v) is 3.57. The van der Waals surface area contributed by atoms with Crippen molar-refractivity contribution < 1.29 is 23.8 Å². The number of halogens is 1. The Morgan fingerprint density at radius 1 is 1.28 bits per heavy atom. The van der Waals surface area contributed by atoms with Gasteiger partial charge in [-0.3, -0.25) is 4.79 Å². The number of carboxylic acid groups (broad SMARTS) is 1. The van der Waals surface area contributed by atoms with Crippen LogP contribution in [0.2, 0.25) is 0 Å². The van der Waals surface area contributed by atoms with Crippen LogP contribution in [0.3, 0.4) is 0 Å². The third-order valence-electron chi connectivity index (χ3n) is 5.25. The summed E-state index contributed by atoms with van der Waals surface area (Å²) < 4.78 is 22.1. The van der Waals surface area contributed by atoms with Gasteiger partial charge in [0.15, 0.2) is 11.6 Å². The van der Waals surface area contributed by atoms with E-state index < -0.39 is 29.9 Å². The first-order chi connectivity index (χ1) is 17.2.